The van der Waals surface area contributed by atoms with Crippen molar-refractivity contribution in [2.75, 3.05) is 17.3 Å². The highest BCUT2D eigenvalue weighted by Gasteiger charge is 2.08. The lowest BCUT2D eigenvalue weighted by Crippen LogP contribution is -2.15. The molecule has 0 aliphatic carbocycles. The van der Waals surface area contributed by atoms with E-state index >= 15 is 0 Å². The molecule has 0 fully saturated rings. The Hall–Kier alpha value is -1.29. The predicted molar refractivity (Wildman–Crippen MR) is 63.5 cm³/mol. The Morgan fingerprint density at radius 2 is 2.00 bits per heavy atom. The minimum atomic E-state index is -0.0869. The second-order valence-electron chi connectivity index (χ2n) is 3.08. The van der Waals surface area contributed by atoms with Crippen LogP contribution in [0.2, 0.25) is 0 Å². The normalized spacial score (nSPS) is 9.73. The number of ketones is 1. The summed E-state index contributed by atoms with van der Waals surface area (Å²) >= 11 is 1.45. The summed E-state index contributed by atoms with van der Waals surface area (Å²) in [5.41, 5.74) is 1.14. The van der Waals surface area contributed by atoms with Crippen LogP contribution in [0.15, 0.2) is 24.3 Å². The summed E-state index contributed by atoms with van der Waals surface area (Å²) in [6, 6.07) is 7.01. The predicted octanol–water partition coefficient (Wildman–Crippen LogP) is 2.19. The lowest BCUT2D eigenvalue weighted by molar-refractivity contribution is -0.113. The highest BCUT2D eigenvalue weighted by Crippen LogP contribution is 2.15. The Morgan fingerprint density at radius 1 is 1.33 bits per heavy atom. The van der Waals surface area contributed by atoms with Crippen molar-refractivity contribution in [2.24, 2.45) is 0 Å². The average Bonchev–Trinajstić information content (AvgIpc) is 2.18. The molecule has 0 aliphatic heterocycles. The smallest absolute Gasteiger partial charge is 0.234 e. The van der Waals surface area contributed by atoms with E-state index in [1.165, 1.54) is 18.7 Å². The second kappa shape index (κ2) is 5.56. The van der Waals surface area contributed by atoms with Crippen molar-refractivity contribution in [3.8, 4) is 0 Å². The number of benzene rings is 1. The molecule has 0 unspecified atom stereocenters. The van der Waals surface area contributed by atoms with Crippen LogP contribution in [0.25, 0.3) is 0 Å². The molecule has 0 spiro atoms. The quantitative estimate of drug-likeness (QED) is 0.796. The molecule has 3 nitrogen and oxygen atoms in total. The van der Waals surface area contributed by atoms with Crippen molar-refractivity contribution in [3.05, 3.63) is 29.8 Å². The van der Waals surface area contributed by atoms with Gasteiger partial charge >= 0.3 is 0 Å². The van der Waals surface area contributed by atoms with Crippen LogP contribution in [0.3, 0.4) is 0 Å². The van der Waals surface area contributed by atoms with Gasteiger partial charge in [0.05, 0.1) is 11.4 Å². The maximum absolute atomic E-state index is 11.3. The largest absolute Gasteiger partial charge is 0.325 e. The number of nitrogens with one attached hydrogen (secondary N) is 1. The minimum absolute atomic E-state index is 0.0462. The Balaban J connectivity index is 2.84. The van der Waals surface area contributed by atoms with Crippen LogP contribution < -0.4 is 5.32 Å². The molecule has 0 saturated heterocycles. The van der Waals surface area contributed by atoms with Crippen LogP contribution in [0.4, 0.5) is 5.69 Å². The first kappa shape index (κ1) is 11.8. The highest BCUT2D eigenvalue weighted by molar-refractivity contribution is 7.99. The SMILES string of the molecule is CSCC(=O)Nc1ccccc1C(C)=O. The maximum Gasteiger partial charge on any atom is 0.234 e. The summed E-state index contributed by atoms with van der Waals surface area (Å²) in [7, 11) is 0. The van der Waals surface area contributed by atoms with Crippen LogP contribution in [-0.2, 0) is 4.79 Å². The third kappa shape index (κ3) is 3.40. The summed E-state index contributed by atoms with van der Waals surface area (Å²) in [6.45, 7) is 1.49. The van der Waals surface area contributed by atoms with Crippen LogP contribution >= 0.6 is 11.8 Å². The van der Waals surface area contributed by atoms with E-state index in [0.29, 0.717) is 17.0 Å². The second-order valence-corrected chi connectivity index (χ2v) is 3.95. The van der Waals surface area contributed by atoms with Crippen molar-refractivity contribution in [1.82, 2.24) is 0 Å². The Morgan fingerprint density at radius 3 is 2.60 bits per heavy atom. The zero-order valence-electron chi connectivity index (χ0n) is 8.74. The van der Waals surface area contributed by atoms with E-state index < -0.39 is 0 Å². The van der Waals surface area contributed by atoms with Crippen molar-refractivity contribution in [1.29, 1.82) is 0 Å². The van der Waals surface area contributed by atoms with E-state index in [4.69, 9.17) is 0 Å². The van der Waals surface area contributed by atoms with E-state index in [9.17, 15) is 9.59 Å². The van der Waals surface area contributed by atoms with Gasteiger partial charge in [-0.05, 0) is 25.3 Å². The van der Waals surface area contributed by atoms with E-state index in [0.717, 1.165) is 0 Å². The van der Waals surface area contributed by atoms with E-state index in [2.05, 4.69) is 5.32 Å². The number of carbonyl (C=O) groups excluding carboxylic acids is 2. The fourth-order valence-corrected chi connectivity index (χ4v) is 1.55. The molecule has 1 amide bonds. The number of hydrogen-bond acceptors (Lipinski definition) is 3. The minimum Gasteiger partial charge on any atom is -0.325 e. The van der Waals surface area contributed by atoms with Gasteiger partial charge in [-0.3, -0.25) is 9.59 Å². The van der Waals surface area contributed by atoms with Crippen LogP contribution in [-0.4, -0.2) is 23.7 Å². The van der Waals surface area contributed by atoms with Gasteiger partial charge in [0.2, 0.25) is 5.91 Å². The fourth-order valence-electron chi connectivity index (χ4n) is 1.22. The van der Waals surface area contributed by atoms with E-state index in [1.54, 1.807) is 24.3 Å². The molecular formula is C11H13NO2S. The Bertz CT molecular complexity index is 377. The number of thioether (sulfide) groups is 1. The van der Waals surface area contributed by atoms with Crippen LogP contribution in [0.1, 0.15) is 17.3 Å². The lowest BCUT2D eigenvalue weighted by Gasteiger charge is -2.07. The molecule has 0 aromatic heterocycles. The molecule has 0 radical (unpaired) electrons. The third-order valence-electron chi connectivity index (χ3n) is 1.86. The number of para-hydroxylation sites is 1. The number of Topliss-reactive ketones (excluding diaryl/α,β-unsaturated/α-hetero) is 1. The molecule has 15 heavy (non-hydrogen) atoms. The maximum atomic E-state index is 11.3. The first-order valence-electron chi connectivity index (χ1n) is 4.54. The molecule has 1 aromatic carbocycles. The zero-order chi connectivity index (χ0) is 11.3. The molecule has 1 rings (SSSR count). The number of anilines is 1. The van der Waals surface area contributed by atoms with Crippen LogP contribution in [0.5, 0.6) is 0 Å². The Kier molecular flexibility index (Phi) is 4.37. The number of carbonyl (C=O) groups is 2. The van der Waals surface area contributed by atoms with Gasteiger partial charge in [-0.1, -0.05) is 12.1 Å². The fraction of sp³-hybridized carbons (Fsp3) is 0.273. The molecule has 0 atom stereocenters. The molecular weight excluding hydrogens is 210 g/mol. The van der Waals surface area contributed by atoms with E-state index in [1.807, 2.05) is 6.26 Å². The van der Waals surface area contributed by atoms with Gasteiger partial charge in [-0.2, -0.15) is 11.8 Å². The molecule has 1 N–H and O–H groups in total. The molecule has 4 heteroatoms. The number of hydrogen-bond donors (Lipinski definition) is 1. The van der Waals surface area contributed by atoms with Crippen LogP contribution in [0, 0.1) is 0 Å². The molecule has 0 aliphatic rings. The summed E-state index contributed by atoms with van der Waals surface area (Å²) in [4.78, 5) is 22.6. The standard InChI is InChI=1S/C11H13NO2S/c1-8(13)9-5-3-4-6-10(9)12-11(14)7-15-2/h3-6H,7H2,1-2H3,(H,12,14). The third-order valence-corrected chi connectivity index (χ3v) is 2.41. The number of rotatable bonds is 4. The molecule has 80 valence electrons. The monoisotopic (exact) mass is 223 g/mol. The molecule has 0 bridgehead atoms. The lowest BCUT2D eigenvalue weighted by atomic mass is 10.1. The topological polar surface area (TPSA) is 46.2 Å². The molecule has 1 aromatic rings. The van der Waals surface area contributed by atoms with Gasteiger partial charge in [0.15, 0.2) is 5.78 Å². The molecule has 0 heterocycles. The molecule has 0 saturated carbocycles. The summed E-state index contributed by atoms with van der Waals surface area (Å²) in [6.07, 6.45) is 1.86. The zero-order valence-corrected chi connectivity index (χ0v) is 9.56. The van der Waals surface area contributed by atoms with Crippen molar-refractivity contribution < 1.29 is 9.59 Å². The van der Waals surface area contributed by atoms with Gasteiger partial charge in [0.1, 0.15) is 0 Å². The summed E-state index contributed by atoms with van der Waals surface area (Å²) in [5.74, 6) is 0.262. The first-order valence-corrected chi connectivity index (χ1v) is 5.93. The highest BCUT2D eigenvalue weighted by atomic mass is 32.2. The first-order chi connectivity index (χ1) is 7.15. The van der Waals surface area contributed by atoms with Crippen molar-refractivity contribution in [2.45, 2.75) is 6.92 Å². The van der Waals surface area contributed by atoms with Gasteiger partial charge in [-0.15, -0.1) is 0 Å². The van der Waals surface area contributed by atoms with Gasteiger partial charge in [0, 0.05) is 5.56 Å². The van der Waals surface area contributed by atoms with Gasteiger partial charge in [-0.25, -0.2) is 0 Å². The average molecular weight is 223 g/mol. The van der Waals surface area contributed by atoms with Gasteiger partial charge in [0.25, 0.3) is 0 Å². The Labute approximate surface area is 93.3 Å². The summed E-state index contributed by atoms with van der Waals surface area (Å²) < 4.78 is 0. The van der Waals surface area contributed by atoms with Crippen molar-refractivity contribution in [3.63, 3.8) is 0 Å². The van der Waals surface area contributed by atoms with E-state index in [-0.39, 0.29) is 11.7 Å². The van der Waals surface area contributed by atoms with Gasteiger partial charge < -0.3 is 5.32 Å². The summed E-state index contributed by atoms with van der Waals surface area (Å²) in [5, 5.41) is 2.71. The van der Waals surface area contributed by atoms with Crippen molar-refractivity contribution >= 4 is 29.1 Å². The number of amides is 1.